The van der Waals surface area contributed by atoms with Crippen molar-refractivity contribution in [1.29, 1.82) is 0 Å². The van der Waals surface area contributed by atoms with Gasteiger partial charge in [0.15, 0.2) is 17.8 Å². The Morgan fingerprint density at radius 2 is 2.08 bits per heavy atom. The summed E-state index contributed by atoms with van der Waals surface area (Å²) in [6.45, 7) is 5.05. The van der Waals surface area contributed by atoms with Crippen LogP contribution in [-0.4, -0.2) is 37.4 Å². The maximum atomic E-state index is 14.6. The van der Waals surface area contributed by atoms with Crippen molar-refractivity contribution in [2.75, 3.05) is 30.5 Å². The first-order chi connectivity index (χ1) is 17.5. The second-order valence-electron chi connectivity index (χ2n) is 9.16. The highest BCUT2D eigenvalue weighted by Gasteiger charge is 2.33. The molecular formula is C28H36FN3O4. The number of ether oxygens (including phenoxy) is 3. The van der Waals surface area contributed by atoms with Crippen LogP contribution in [0.3, 0.4) is 0 Å². The number of hydrogen-bond acceptors (Lipinski definition) is 7. The van der Waals surface area contributed by atoms with E-state index in [-0.39, 0.29) is 18.1 Å². The van der Waals surface area contributed by atoms with E-state index in [1.165, 1.54) is 18.7 Å². The molecule has 1 atom stereocenters. The largest absolute Gasteiger partial charge is 0.494 e. The molecule has 36 heavy (non-hydrogen) atoms. The molecule has 0 spiro atoms. The molecule has 2 aliphatic rings. The van der Waals surface area contributed by atoms with Crippen LogP contribution in [0.15, 0.2) is 41.8 Å². The number of allylic oxidation sites excluding steroid dienone is 2. The molecule has 8 heteroatoms. The molecule has 2 aliphatic heterocycles. The lowest BCUT2D eigenvalue weighted by Crippen LogP contribution is -2.32. The van der Waals surface area contributed by atoms with Gasteiger partial charge in [0, 0.05) is 30.4 Å². The number of nitrogens with one attached hydrogen (secondary N) is 1. The SMILES string of the molecule is CCOC(=O)CCC1OC(C)=C(CCCCc2ccc3c(n2)NCCC3)N1c1ccc(OC)c(F)c1. The van der Waals surface area contributed by atoms with E-state index in [0.29, 0.717) is 18.7 Å². The first kappa shape index (κ1) is 25.8. The van der Waals surface area contributed by atoms with Gasteiger partial charge in [-0.2, -0.15) is 0 Å². The average molecular weight is 498 g/mol. The van der Waals surface area contributed by atoms with Crippen LogP contribution < -0.4 is 15.0 Å². The van der Waals surface area contributed by atoms with Gasteiger partial charge in [-0.05, 0) is 76.1 Å². The maximum absolute atomic E-state index is 14.6. The van der Waals surface area contributed by atoms with Crippen LogP contribution in [0.2, 0.25) is 0 Å². The number of aromatic nitrogens is 1. The fraction of sp³-hybridized carbons (Fsp3) is 0.500. The van der Waals surface area contributed by atoms with E-state index < -0.39 is 12.0 Å². The summed E-state index contributed by atoms with van der Waals surface area (Å²) in [4.78, 5) is 18.8. The summed E-state index contributed by atoms with van der Waals surface area (Å²) < 4.78 is 30.9. The Balaban J connectivity index is 1.43. The highest BCUT2D eigenvalue weighted by Crippen LogP contribution is 2.38. The van der Waals surface area contributed by atoms with Gasteiger partial charge in [0.1, 0.15) is 11.6 Å². The number of hydrogen-bond donors (Lipinski definition) is 1. The number of unbranched alkanes of at least 4 members (excludes halogenated alkanes) is 1. The number of aryl methyl sites for hydroxylation is 2. The number of methoxy groups -OCH3 is 1. The van der Waals surface area contributed by atoms with Crippen molar-refractivity contribution in [2.24, 2.45) is 0 Å². The molecular weight excluding hydrogens is 461 g/mol. The highest BCUT2D eigenvalue weighted by atomic mass is 19.1. The minimum absolute atomic E-state index is 0.191. The zero-order chi connectivity index (χ0) is 25.5. The number of esters is 1. The third kappa shape index (κ3) is 6.09. The van der Waals surface area contributed by atoms with Gasteiger partial charge in [0.05, 0.1) is 25.8 Å². The Morgan fingerprint density at radius 3 is 2.86 bits per heavy atom. The molecule has 1 aromatic heterocycles. The molecule has 194 valence electrons. The summed E-state index contributed by atoms with van der Waals surface area (Å²) in [5.74, 6) is 1.32. The third-order valence-corrected chi connectivity index (χ3v) is 6.66. The Hall–Kier alpha value is -3.29. The van der Waals surface area contributed by atoms with Crippen LogP contribution in [0.1, 0.15) is 63.6 Å². The van der Waals surface area contributed by atoms with Gasteiger partial charge in [0.25, 0.3) is 0 Å². The van der Waals surface area contributed by atoms with Gasteiger partial charge in [-0.1, -0.05) is 6.07 Å². The van der Waals surface area contributed by atoms with Gasteiger partial charge in [-0.15, -0.1) is 0 Å². The van der Waals surface area contributed by atoms with E-state index in [1.54, 1.807) is 13.0 Å². The molecule has 0 bridgehead atoms. The van der Waals surface area contributed by atoms with Crippen molar-refractivity contribution < 1.29 is 23.4 Å². The van der Waals surface area contributed by atoms with E-state index in [4.69, 9.17) is 19.2 Å². The highest BCUT2D eigenvalue weighted by molar-refractivity contribution is 5.69. The zero-order valence-corrected chi connectivity index (χ0v) is 21.4. The van der Waals surface area contributed by atoms with E-state index >= 15 is 0 Å². The number of halogens is 1. The molecule has 0 amide bonds. The van der Waals surface area contributed by atoms with Gasteiger partial charge >= 0.3 is 5.97 Å². The molecule has 0 radical (unpaired) electrons. The molecule has 7 nitrogen and oxygen atoms in total. The Morgan fingerprint density at radius 1 is 1.25 bits per heavy atom. The minimum Gasteiger partial charge on any atom is -0.494 e. The second kappa shape index (κ2) is 12.1. The fourth-order valence-electron chi connectivity index (χ4n) is 4.86. The van der Waals surface area contributed by atoms with Crippen molar-refractivity contribution in [3.8, 4) is 5.75 Å². The Bertz CT molecular complexity index is 1100. The predicted molar refractivity (Wildman–Crippen MR) is 137 cm³/mol. The number of pyridine rings is 1. The molecule has 4 rings (SSSR count). The lowest BCUT2D eigenvalue weighted by molar-refractivity contribution is -0.143. The number of nitrogens with zero attached hydrogens (tertiary/aromatic N) is 2. The third-order valence-electron chi connectivity index (χ3n) is 6.66. The molecule has 0 saturated heterocycles. The minimum atomic E-state index is -0.435. The first-order valence-corrected chi connectivity index (χ1v) is 12.9. The van der Waals surface area contributed by atoms with Crippen LogP contribution in [0.25, 0.3) is 0 Å². The van der Waals surface area contributed by atoms with E-state index in [0.717, 1.165) is 68.0 Å². The quantitative estimate of drug-likeness (QED) is 0.314. The topological polar surface area (TPSA) is 72.9 Å². The lowest BCUT2D eigenvalue weighted by Gasteiger charge is -2.28. The van der Waals surface area contributed by atoms with Crippen LogP contribution in [-0.2, 0) is 27.1 Å². The van der Waals surface area contributed by atoms with Gasteiger partial charge in [-0.3, -0.25) is 4.79 Å². The number of rotatable bonds is 11. The van der Waals surface area contributed by atoms with Crippen LogP contribution in [0, 0.1) is 5.82 Å². The lowest BCUT2D eigenvalue weighted by atomic mass is 10.0. The van der Waals surface area contributed by atoms with E-state index in [1.807, 2.05) is 17.9 Å². The number of carbonyl (C=O) groups is 1. The number of anilines is 2. The fourth-order valence-corrected chi connectivity index (χ4v) is 4.86. The van der Waals surface area contributed by atoms with E-state index in [2.05, 4.69) is 17.4 Å². The van der Waals surface area contributed by atoms with Gasteiger partial charge in [-0.25, -0.2) is 9.37 Å². The normalized spacial score (nSPS) is 16.9. The molecule has 2 aromatic rings. The number of carbonyl (C=O) groups excluding carboxylic acids is 1. The molecule has 0 saturated carbocycles. The average Bonchev–Trinajstić information content (AvgIpc) is 3.20. The number of fused-ring (bicyclic) bond motifs is 1. The van der Waals surface area contributed by atoms with Crippen molar-refractivity contribution in [3.05, 3.63) is 58.9 Å². The van der Waals surface area contributed by atoms with Crippen LogP contribution in [0.5, 0.6) is 5.75 Å². The monoisotopic (exact) mass is 497 g/mol. The standard InChI is InChI=1S/C28H36FN3O4/c1-4-35-27(33)16-15-26-32(22-13-14-25(34-3)23(29)18-22)24(19(2)36-26)10-6-5-9-21-12-11-20-8-7-17-30-28(20)31-21/h11-14,18,26H,4-10,15-17H2,1-3H3,(H,30,31). The summed E-state index contributed by atoms with van der Waals surface area (Å²) >= 11 is 0. The van der Waals surface area contributed by atoms with Crippen molar-refractivity contribution in [3.63, 3.8) is 0 Å². The van der Waals surface area contributed by atoms with E-state index in [9.17, 15) is 9.18 Å². The molecule has 0 aliphatic carbocycles. The second-order valence-corrected chi connectivity index (χ2v) is 9.16. The molecule has 1 N–H and O–H groups in total. The summed E-state index contributed by atoms with van der Waals surface area (Å²) in [7, 11) is 1.45. The maximum Gasteiger partial charge on any atom is 0.305 e. The smallest absolute Gasteiger partial charge is 0.305 e. The molecule has 0 fully saturated rings. The summed E-state index contributed by atoms with van der Waals surface area (Å²) in [5.41, 5.74) is 4.08. The van der Waals surface area contributed by atoms with Gasteiger partial charge < -0.3 is 24.4 Å². The summed E-state index contributed by atoms with van der Waals surface area (Å²) in [6, 6.07) is 9.23. The Kier molecular flexibility index (Phi) is 8.67. The first-order valence-electron chi connectivity index (χ1n) is 12.9. The summed E-state index contributed by atoms with van der Waals surface area (Å²) in [5, 5.41) is 3.40. The van der Waals surface area contributed by atoms with Crippen molar-refractivity contribution >= 4 is 17.5 Å². The van der Waals surface area contributed by atoms with Crippen molar-refractivity contribution in [1.82, 2.24) is 4.98 Å². The molecule has 1 aromatic carbocycles. The Labute approximate surface area is 212 Å². The predicted octanol–water partition coefficient (Wildman–Crippen LogP) is 5.74. The van der Waals surface area contributed by atoms with Crippen LogP contribution >= 0.6 is 0 Å². The molecule has 1 unspecified atom stereocenters. The van der Waals surface area contributed by atoms with Crippen molar-refractivity contribution in [2.45, 2.75) is 71.4 Å². The van der Waals surface area contributed by atoms with Gasteiger partial charge in [0.2, 0.25) is 0 Å². The molecule has 3 heterocycles. The zero-order valence-electron chi connectivity index (χ0n) is 21.4. The number of benzene rings is 1. The summed E-state index contributed by atoms with van der Waals surface area (Å²) in [6.07, 6.45) is 6.09. The van der Waals surface area contributed by atoms with Crippen LogP contribution in [0.4, 0.5) is 15.9 Å².